The molecule has 2 heterocycles. The van der Waals surface area contributed by atoms with E-state index in [-0.39, 0.29) is 11.5 Å². The van der Waals surface area contributed by atoms with Crippen LogP contribution in [0.4, 0.5) is 4.79 Å². The molecule has 3 rings (SSSR count). The molecule has 1 aromatic carbocycles. The van der Waals surface area contributed by atoms with Crippen LogP contribution in [0.2, 0.25) is 0 Å². The second-order valence-corrected chi connectivity index (χ2v) is 9.73. The Kier molecular flexibility index (Phi) is 5.22. The van der Waals surface area contributed by atoms with Crippen LogP contribution in [0.25, 0.3) is 0 Å². The molecule has 0 bridgehead atoms. The van der Waals surface area contributed by atoms with Crippen molar-refractivity contribution in [3.63, 3.8) is 0 Å². The average Bonchev–Trinajstić information content (AvgIpc) is 3.08. The molecule has 2 fully saturated rings. The minimum Gasteiger partial charge on any atom is -0.337 e. The lowest BCUT2D eigenvalue weighted by molar-refractivity contribution is -0.139. The quantitative estimate of drug-likeness (QED) is 0.727. The van der Waals surface area contributed by atoms with Gasteiger partial charge in [0.15, 0.2) is 9.84 Å². The van der Waals surface area contributed by atoms with Crippen LogP contribution in [-0.2, 0) is 25.0 Å². The lowest BCUT2D eigenvalue weighted by atomic mass is 9.88. The zero-order valence-corrected chi connectivity index (χ0v) is 17.1. The van der Waals surface area contributed by atoms with Crippen molar-refractivity contribution < 1.29 is 22.8 Å². The first-order valence-corrected chi connectivity index (χ1v) is 11.1. The van der Waals surface area contributed by atoms with Crippen molar-refractivity contribution in [1.29, 1.82) is 0 Å². The maximum Gasteiger partial charge on any atom is 0.325 e. The van der Waals surface area contributed by atoms with E-state index in [1.807, 2.05) is 19.1 Å². The molecule has 0 aliphatic carbocycles. The Morgan fingerprint density at radius 1 is 1.32 bits per heavy atom. The number of sulfone groups is 1. The van der Waals surface area contributed by atoms with Crippen LogP contribution in [0.3, 0.4) is 0 Å². The Labute approximate surface area is 164 Å². The Balaban J connectivity index is 1.79. The summed E-state index contributed by atoms with van der Waals surface area (Å²) in [6.07, 6.45) is 0.378. The van der Waals surface area contributed by atoms with Gasteiger partial charge in [0, 0.05) is 12.6 Å². The molecule has 2 atom stereocenters. The first-order valence-electron chi connectivity index (χ1n) is 9.29. The fourth-order valence-corrected chi connectivity index (χ4v) is 5.77. The number of urea groups is 1. The molecule has 1 aromatic rings. The van der Waals surface area contributed by atoms with E-state index in [0.29, 0.717) is 18.5 Å². The fourth-order valence-electron chi connectivity index (χ4n) is 4.04. The molecule has 1 N–H and O–H groups in total. The summed E-state index contributed by atoms with van der Waals surface area (Å²) in [5.41, 5.74) is 0.298. The highest BCUT2D eigenvalue weighted by molar-refractivity contribution is 7.91. The van der Waals surface area contributed by atoms with Crippen molar-refractivity contribution in [3.05, 3.63) is 35.4 Å². The number of amides is 4. The van der Waals surface area contributed by atoms with Crippen molar-refractivity contribution in [3.8, 4) is 0 Å². The predicted octanol–water partition coefficient (Wildman–Crippen LogP) is 0.798. The second kappa shape index (κ2) is 7.20. The molecule has 152 valence electrons. The van der Waals surface area contributed by atoms with E-state index < -0.39 is 45.8 Å². The van der Waals surface area contributed by atoms with Gasteiger partial charge < -0.3 is 10.2 Å². The third kappa shape index (κ3) is 3.50. The van der Waals surface area contributed by atoms with Crippen molar-refractivity contribution in [2.24, 2.45) is 0 Å². The summed E-state index contributed by atoms with van der Waals surface area (Å²) in [6.45, 7) is 5.15. The summed E-state index contributed by atoms with van der Waals surface area (Å²) in [6, 6.07) is 6.23. The van der Waals surface area contributed by atoms with Gasteiger partial charge >= 0.3 is 6.03 Å². The van der Waals surface area contributed by atoms with E-state index in [0.717, 1.165) is 10.5 Å². The minimum absolute atomic E-state index is 0.0515. The highest BCUT2D eigenvalue weighted by Crippen LogP contribution is 2.31. The Morgan fingerprint density at radius 3 is 2.57 bits per heavy atom. The number of carbonyl (C=O) groups excluding carboxylic acids is 3. The maximum atomic E-state index is 13.0. The Morgan fingerprint density at radius 2 is 2.00 bits per heavy atom. The van der Waals surface area contributed by atoms with Gasteiger partial charge in [-0.05, 0) is 38.3 Å². The molecule has 28 heavy (non-hydrogen) atoms. The molecule has 0 spiro atoms. The molecule has 9 heteroatoms. The number of rotatable bonds is 5. The third-order valence-corrected chi connectivity index (χ3v) is 7.31. The second-order valence-electron chi connectivity index (χ2n) is 7.50. The Hall–Kier alpha value is -2.42. The SMILES string of the molecule is CCN(C(=O)CN1C(=O)NC(C)(c2ccccc2C)C1=O)C1CCS(=O)(=O)C1. The first kappa shape index (κ1) is 20.3. The number of likely N-dealkylation sites (N-methyl/N-ethyl adjacent to an activating group) is 1. The highest BCUT2D eigenvalue weighted by atomic mass is 32.2. The predicted molar refractivity (Wildman–Crippen MR) is 103 cm³/mol. The molecule has 0 radical (unpaired) electrons. The van der Waals surface area contributed by atoms with Crippen LogP contribution in [-0.4, -0.2) is 66.7 Å². The van der Waals surface area contributed by atoms with Gasteiger partial charge in [-0.25, -0.2) is 13.2 Å². The molecule has 4 amide bonds. The van der Waals surface area contributed by atoms with E-state index in [1.165, 1.54) is 4.90 Å². The molecule has 8 nitrogen and oxygen atoms in total. The summed E-state index contributed by atoms with van der Waals surface area (Å²) in [5.74, 6) is -0.943. The van der Waals surface area contributed by atoms with E-state index in [4.69, 9.17) is 0 Å². The van der Waals surface area contributed by atoms with Crippen molar-refractivity contribution in [2.75, 3.05) is 24.6 Å². The molecular weight excluding hydrogens is 382 g/mol. The van der Waals surface area contributed by atoms with Crippen LogP contribution in [0.1, 0.15) is 31.4 Å². The summed E-state index contributed by atoms with van der Waals surface area (Å²) >= 11 is 0. The van der Waals surface area contributed by atoms with Crippen LogP contribution in [0.5, 0.6) is 0 Å². The standard InChI is InChI=1S/C19H25N3O5S/c1-4-21(14-9-10-28(26,27)12-14)16(23)11-22-17(24)19(3,20-18(22)25)15-8-6-5-7-13(15)2/h5-8,14H,4,9-12H2,1-3H3,(H,20,25). The number of imide groups is 1. The first-order chi connectivity index (χ1) is 13.1. The molecule has 2 saturated heterocycles. The van der Waals surface area contributed by atoms with Gasteiger partial charge in [-0.3, -0.25) is 14.5 Å². The summed E-state index contributed by atoms with van der Waals surface area (Å²) < 4.78 is 23.5. The van der Waals surface area contributed by atoms with Gasteiger partial charge in [-0.1, -0.05) is 24.3 Å². The number of aryl methyl sites for hydroxylation is 1. The highest BCUT2D eigenvalue weighted by Gasteiger charge is 2.50. The van der Waals surface area contributed by atoms with Crippen molar-refractivity contribution in [2.45, 2.75) is 38.8 Å². The molecule has 2 aliphatic heterocycles. The van der Waals surface area contributed by atoms with E-state index in [9.17, 15) is 22.8 Å². The lowest BCUT2D eigenvalue weighted by Gasteiger charge is -2.28. The summed E-state index contributed by atoms with van der Waals surface area (Å²) in [5, 5.41) is 2.70. The maximum absolute atomic E-state index is 13.0. The van der Waals surface area contributed by atoms with Crippen LogP contribution in [0.15, 0.2) is 24.3 Å². The number of carbonyl (C=O) groups is 3. The summed E-state index contributed by atoms with van der Waals surface area (Å²) in [7, 11) is -3.15. The molecule has 0 saturated carbocycles. The van der Waals surface area contributed by atoms with E-state index in [1.54, 1.807) is 26.0 Å². The fraction of sp³-hybridized carbons (Fsp3) is 0.526. The van der Waals surface area contributed by atoms with Crippen molar-refractivity contribution in [1.82, 2.24) is 15.1 Å². The minimum atomic E-state index is -3.15. The molecular formula is C19H25N3O5S. The zero-order chi connectivity index (χ0) is 20.7. The lowest BCUT2D eigenvalue weighted by Crippen LogP contribution is -2.48. The van der Waals surface area contributed by atoms with Gasteiger partial charge in [-0.2, -0.15) is 0 Å². The number of benzene rings is 1. The van der Waals surface area contributed by atoms with Crippen LogP contribution >= 0.6 is 0 Å². The zero-order valence-electron chi connectivity index (χ0n) is 16.3. The number of hydrogen-bond acceptors (Lipinski definition) is 5. The van der Waals surface area contributed by atoms with E-state index >= 15 is 0 Å². The largest absolute Gasteiger partial charge is 0.337 e. The normalized spacial score (nSPS) is 26.4. The topological polar surface area (TPSA) is 104 Å². The monoisotopic (exact) mass is 407 g/mol. The Bertz CT molecular complexity index is 929. The third-order valence-electron chi connectivity index (χ3n) is 5.56. The van der Waals surface area contributed by atoms with E-state index in [2.05, 4.69) is 5.32 Å². The summed E-state index contributed by atoms with van der Waals surface area (Å²) in [4.78, 5) is 40.7. The molecule has 0 aromatic heterocycles. The van der Waals surface area contributed by atoms with Gasteiger partial charge in [0.1, 0.15) is 12.1 Å². The molecule has 2 aliphatic rings. The molecule has 2 unspecified atom stereocenters. The van der Waals surface area contributed by atoms with Crippen molar-refractivity contribution >= 4 is 27.7 Å². The average molecular weight is 407 g/mol. The number of hydrogen-bond donors (Lipinski definition) is 1. The van der Waals surface area contributed by atoms with Gasteiger partial charge in [0.25, 0.3) is 5.91 Å². The van der Waals surface area contributed by atoms with Crippen LogP contribution < -0.4 is 5.32 Å². The van der Waals surface area contributed by atoms with Gasteiger partial charge in [0.2, 0.25) is 5.91 Å². The van der Waals surface area contributed by atoms with Crippen LogP contribution in [0, 0.1) is 6.92 Å². The number of nitrogens with zero attached hydrogens (tertiary/aromatic N) is 2. The van der Waals surface area contributed by atoms with Gasteiger partial charge in [-0.15, -0.1) is 0 Å². The smallest absolute Gasteiger partial charge is 0.325 e. The van der Waals surface area contributed by atoms with Gasteiger partial charge in [0.05, 0.1) is 11.5 Å². The number of nitrogens with one attached hydrogen (secondary N) is 1.